The van der Waals surface area contributed by atoms with Crippen LogP contribution in [-0.4, -0.2) is 22.0 Å². The van der Waals surface area contributed by atoms with E-state index in [0.29, 0.717) is 18.9 Å². The van der Waals surface area contributed by atoms with Crippen LogP contribution in [0, 0.1) is 5.92 Å². The molecule has 3 N–H and O–H groups in total. The van der Waals surface area contributed by atoms with Gasteiger partial charge in [0.15, 0.2) is 0 Å². The first-order chi connectivity index (χ1) is 7.59. The third-order valence-electron chi connectivity index (χ3n) is 2.26. The summed E-state index contributed by atoms with van der Waals surface area (Å²) in [6.45, 7) is 6.68. The van der Waals surface area contributed by atoms with Crippen molar-refractivity contribution in [3.05, 3.63) is 18.2 Å². The summed E-state index contributed by atoms with van der Waals surface area (Å²) in [4.78, 5) is 14.8. The number of carbonyl (C=O) groups is 1. The minimum atomic E-state index is -0.283. The van der Waals surface area contributed by atoms with Gasteiger partial charge in [0, 0.05) is 25.7 Å². The molecule has 0 unspecified atom stereocenters. The Labute approximate surface area is 96.0 Å². The lowest BCUT2D eigenvalue weighted by Gasteiger charge is -2.09. The van der Waals surface area contributed by atoms with Gasteiger partial charge < -0.3 is 15.6 Å². The van der Waals surface area contributed by atoms with E-state index in [1.54, 1.807) is 6.33 Å². The van der Waals surface area contributed by atoms with E-state index in [1.165, 1.54) is 0 Å². The molecular weight excluding hydrogens is 204 g/mol. The smallest absolute Gasteiger partial charge is 0.219 e. The topological polar surface area (TPSA) is 72.9 Å². The van der Waals surface area contributed by atoms with Crippen LogP contribution in [0.4, 0.5) is 0 Å². The maximum atomic E-state index is 10.7. The number of primary amides is 1. The highest BCUT2D eigenvalue weighted by Crippen LogP contribution is 2.01. The Hall–Kier alpha value is -1.36. The normalized spacial score (nSPS) is 10.9. The highest BCUT2D eigenvalue weighted by Gasteiger charge is 2.03. The molecule has 0 aliphatic rings. The van der Waals surface area contributed by atoms with Crippen LogP contribution in [-0.2, 0) is 17.9 Å². The van der Waals surface area contributed by atoms with Gasteiger partial charge in [0.1, 0.15) is 0 Å². The first-order valence-corrected chi connectivity index (χ1v) is 5.57. The Balaban J connectivity index is 2.40. The third-order valence-corrected chi connectivity index (χ3v) is 2.26. The first-order valence-electron chi connectivity index (χ1n) is 5.57. The number of imidazole rings is 1. The standard InChI is InChI=1S/C11H20N4O/c1-9(2)5-13-6-10-7-14-8-15(10)4-3-11(12)16/h7-9,13H,3-6H2,1-2H3,(H2,12,16). The second kappa shape index (κ2) is 6.27. The average molecular weight is 224 g/mol. The van der Waals surface area contributed by atoms with Gasteiger partial charge in [0.2, 0.25) is 5.91 Å². The van der Waals surface area contributed by atoms with Gasteiger partial charge in [-0.3, -0.25) is 4.79 Å². The van der Waals surface area contributed by atoms with Crippen molar-refractivity contribution in [2.75, 3.05) is 6.54 Å². The Morgan fingerprint density at radius 2 is 2.38 bits per heavy atom. The van der Waals surface area contributed by atoms with Gasteiger partial charge in [-0.05, 0) is 12.5 Å². The summed E-state index contributed by atoms with van der Waals surface area (Å²) in [6, 6.07) is 0. The van der Waals surface area contributed by atoms with Crippen LogP contribution in [0.2, 0.25) is 0 Å². The van der Waals surface area contributed by atoms with E-state index in [0.717, 1.165) is 18.8 Å². The van der Waals surface area contributed by atoms with Gasteiger partial charge >= 0.3 is 0 Å². The van der Waals surface area contributed by atoms with Crippen LogP contribution in [0.25, 0.3) is 0 Å². The van der Waals surface area contributed by atoms with Gasteiger partial charge in [-0.25, -0.2) is 4.98 Å². The molecule has 5 nitrogen and oxygen atoms in total. The number of aryl methyl sites for hydroxylation is 1. The van der Waals surface area contributed by atoms with E-state index in [1.807, 2.05) is 10.8 Å². The van der Waals surface area contributed by atoms with Crippen molar-refractivity contribution in [3.63, 3.8) is 0 Å². The first kappa shape index (κ1) is 12.7. The summed E-state index contributed by atoms with van der Waals surface area (Å²) in [5, 5.41) is 3.34. The van der Waals surface area contributed by atoms with Crippen LogP contribution in [0.1, 0.15) is 26.0 Å². The molecule has 1 rings (SSSR count). The fourth-order valence-corrected chi connectivity index (χ4v) is 1.42. The zero-order chi connectivity index (χ0) is 12.0. The number of amides is 1. The molecule has 90 valence electrons. The zero-order valence-corrected chi connectivity index (χ0v) is 9.94. The fourth-order valence-electron chi connectivity index (χ4n) is 1.42. The molecule has 0 saturated carbocycles. The quantitative estimate of drug-likeness (QED) is 0.708. The minimum Gasteiger partial charge on any atom is -0.370 e. The van der Waals surface area contributed by atoms with Crippen LogP contribution in [0.15, 0.2) is 12.5 Å². The van der Waals surface area contributed by atoms with Gasteiger partial charge in [0.25, 0.3) is 0 Å². The van der Waals surface area contributed by atoms with E-state index in [2.05, 4.69) is 24.1 Å². The minimum absolute atomic E-state index is 0.283. The van der Waals surface area contributed by atoms with Gasteiger partial charge in [0.05, 0.1) is 12.0 Å². The Morgan fingerprint density at radius 3 is 3.00 bits per heavy atom. The summed E-state index contributed by atoms with van der Waals surface area (Å²) in [5.74, 6) is 0.344. The molecule has 1 heterocycles. The van der Waals surface area contributed by atoms with Gasteiger partial charge in [-0.2, -0.15) is 0 Å². The second-order valence-corrected chi connectivity index (χ2v) is 4.32. The van der Waals surface area contributed by atoms with E-state index in [-0.39, 0.29) is 5.91 Å². The number of carbonyl (C=O) groups excluding carboxylic acids is 1. The number of hydrogen-bond acceptors (Lipinski definition) is 3. The molecule has 0 atom stereocenters. The van der Waals surface area contributed by atoms with E-state index >= 15 is 0 Å². The van der Waals surface area contributed by atoms with Gasteiger partial charge in [-0.1, -0.05) is 13.8 Å². The summed E-state index contributed by atoms with van der Waals surface area (Å²) >= 11 is 0. The maximum absolute atomic E-state index is 10.7. The van der Waals surface area contributed by atoms with E-state index in [9.17, 15) is 4.79 Å². The molecule has 0 aromatic carbocycles. The van der Waals surface area contributed by atoms with Crippen LogP contribution in [0.5, 0.6) is 0 Å². The summed E-state index contributed by atoms with van der Waals surface area (Å²) in [6.07, 6.45) is 3.90. The van der Waals surface area contributed by atoms with E-state index in [4.69, 9.17) is 5.73 Å². The lowest BCUT2D eigenvalue weighted by molar-refractivity contribution is -0.118. The molecule has 0 radical (unpaired) electrons. The number of rotatable bonds is 7. The fraction of sp³-hybridized carbons (Fsp3) is 0.636. The Kier molecular flexibility index (Phi) is 4.98. The second-order valence-electron chi connectivity index (χ2n) is 4.32. The molecule has 0 saturated heterocycles. The Morgan fingerprint density at radius 1 is 1.62 bits per heavy atom. The number of nitrogens with two attached hydrogens (primary N) is 1. The van der Waals surface area contributed by atoms with Crippen molar-refractivity contribution in [1.82, 2.24) is 14.9 Å². The largest absolute Gasteiger partial charge is 0.370 e. The summed E-state index contributed by atoms with van der Waals surface area (Å²) in [7, 11) is 0. The molecule has 0 spiro atoms. The summed E-state index contributed by atoms with van der Waals surface area (Å²) < 4.78 is 1.96. The third kappa shape index (κ3) is 4.44. The van der Waals surface area contributed by atoms with Gasteiger partial charge in [-0.15, -0.1) is 0 Å². The predicted molar refractivity (Wildman–Crippen MR) is 62.6 cm³/mol. The molecule has 1 aromatic heterocycles. The highest BCUT2D eigenvalue weighted by molar-refractivity contribution is 5.73. The van der Waals surface area contributed by atoms with Crippen LogP contribution >= 0.6 is 0 Å². The maximum Gasteiger partial charge on any atom is 0.219 e. The lowest BCUT2D eigenvalue weighted by Crippen LogP contribution is -2.21. The molecule has 16 heavy (non-hydrogen) atoms. The molecule has 0 bridgehead atoms. The monoisotopic (exact) mass is 224 g/mol. The van der Waals surface area contributed by atoms with Crippen molar-refractivity contribution in [2.45, 2.75) is 33.4 Å². The zero-order valence-electron chi connectivity index (χ0n) is 9.94. The molecular formula is C11H20N4O. The molecule has 5 heteroatoms. The van der Waals surface area contributed by atoms with Crippen molar-refractivity contribution in [2.24, 2.45) is 11.7 Å². The number of hydrogen-bond donors (Lipinski definition) is 2. The Bertz CT molecular complexity index is 332. The number of nitrogens with zero attached hydrogens (tertiary/aromatic N) is 2. The predicted octanol–water partition coefficient (Wildman–Crippen LogP) is 0.504. The van der Waals surface area contributed by atoms with Crippen LogP contribution < -0.4 is 11.1 Å². The van der Waals surface area contributed by atoms with Crippen molar-refractivity contribution < 1.29 is 4.79 Å². The molecule has 0 aliphatic heterocycles. The van der Waals surface area contributed by atoms with Crippen LogP contribution in [0.3, 0.4) is 0 Å². The summed E-state index contributed by atoms with van der Waals surface area (Å²) in [5.41, 5.74) is 6.20. The van der Waals surface area contributed by atoms with Crippen molar-refractivity contribution >= 4 is 5.91 Å². The molecule has 1 amide bonds. The average Bonchev–Trinajstić information content (AvgIpc) is 2.62. The van der Waals surface area contributed by atoms with E-state index < -0.39 is 0 Å². The number of nitrogens with one attached hydrogen (secondary N) is 1. The molecule has 0 aliphatic carbocycles. The lowest BCUT2D eigenvalue weighted by atomic mass is 10.2. The van der Waals surface area contributed by atoms with Crippen molar-refractivity contribution in [3.8, 4) is 0 Å². The highest BCUT2D eigenvalue weighted by atomic mass is 16.1. The molecule has 1 aromatic rings. The molecule has 0 fully saturated rings. The SMILES string of the molecule is CC(C)CNCc1cncn1CCC(N)=O. The van der Waals surface area contributed by atoms with Crippen molar-refractivity contribution in [1.29, 1.82) is 0 Å². The number of aromatic nitrogens is 2.